The van der Waals surface area contributed by atoms with Crippen molar-refractivity contribution in [2.45, 2.75) is 25.5 Å². The largest absolute Gasteiger partial charge is 0.355 e. The van der Waals surface area contributed by atoms with Gasteiger partial charge in [0.2, 0.25) is 0 Å². The molecule has 7 heteroatoms. The molecule has 1 N–H and O–H groups in total. The van der Waals surface area contributed by atoms with Crippen LogP contribution in [0.5, 0.6) is 0 Å². The SMILES string of the molecule is O=c1ccn(-c2cccc(-c3cnn(C4CCCCO4)n3)c2)[nH]1. The molecule has 1 aliphatic heterocycles. The summed E-state index contributed by atoms with van der Waals surface area (Å²) in [6.45, 7) is 0.762. The van der Waals surface area contributed by atoms with Crippen molar-refractivity contribution in [1.82, 2.24) is 24.8 Å². The van der Waals surface area contributed by atoms with Crippen LogP contribution in [0.25, 0.3) is 16.9 Å². The Bertz CT molecular complexity index is 857. The number of nitrogens with one attached hydrogen (secondary N) is 1. The van der Waals surface area contributed by atoms with E-state index in [1.807, 2.05) is 24.3 Å². The zero-order valence-corrected chi connectivity index (χ0v) is 12.6. The van der Waals surface area contributed by atoms with Crippen LogP contribution in [0.3, 0.4) is 0 Å². The van der Waals surface area contributed by atoms with Crippen LogP contribution in [0.2, 0.25) is 0 Å². The van der Waals surface area contributed by atoms with Crippen molar-refractivity contribution in [3.63, 3.8) is 0 Å². The lowest BCUT2D eigenvalue weighted by Crippen LogP contribution is -2.20. The molecule has 1 aromatic carbocycles. The standard InChI is InChI=1S/C16H17N5O2/c22-15-7-8-20(19-15)13-5-3-4-12(10-13)14-11-17-21(18-14)16-6-1-2-9-23-16/h3-5,7-8,10-11,16H,1-2,6,9H2,(H,19,22). The van der Waals surface area contributed by atoms with Crippen molar-refractivity contribution in [1.29, 1.82) is 0 Å². The summed E-state index contributed by atoms with van der Waals surface area (Å²) in [5, 5.41) is 11.6. The van der Waals surface area contributed by atoms with Gasteiger partial charge in [-0.3, -0.25) is 14.6 Å². The second kappa shape index (κ2) is 5.85. The molecule has 118 valence electrons. The number of aromatic nitrogens is 5. The van der Waals surface area contributed by atoms with E-state index >= 15 is 0 Å². The van der Waals surface area contributed by atoms with Crippen molar-refractivity contribution in [3.8, 4) is 16.9 Å². The molecule has 0 amide bonds. The molecule has 0 aliphatic carbocycles. The van der Waals surface area contributed by atoms with Gasteiger partial charge in [0.05, 0.1) is 11.9 Å². The molecule has 1 aliphatic rings. The lowest BCUT2D eigenvalue weighted by molar-refractivity contribution is -0.0479. The summed E-state index contributed by atoms with van der Waals surface area (Å²) >= 11 is 0. The highest BCUT2D eigenvalue weighted by Crippen LogP contribution is 2.24. The third-order valence-electron chi connectivity index (χ3n) is 3.95. The van der Waals surface area contributed by atoms with Crippen LogP contribution in [0, 0.1) is 0 Å². The van der Waals surface area contributed by atoms with Gasteiger partial charge in [0, 0.05) is 24.4 Å². The number of hydrogen-bond acceptors (Lipinski definition) is 4. The van der Waals surface area contributed by atoms with Gasteiger partial charge in [-0.1, -0.05) is 12.1 Å². The summed E-state index contributed by atoms with van der Waals surface area (Å²) in [5.41, 5.74) is 2.47. The Labute approximate surface area is 132 Å². The Morgan fingerprint density at radius 3 is 3.00 bits per heavy atom. The molecule has 0 spiro atoms. The average Bonchev–Trinajstić information content (AvgIpc) is 3.25. The number of rotatable bonds is 3. The molecule has 0 bridgehead atoms. The van der Waals surface area contributed by atoms with Gasteiger partial charge in [0.15, 0.2) is 6.23 Å². The molecule has 3 heterocycles. The van der Waals surface area contributed by atoms with Crippen LogP contribution in [0.4, 0.5) is 0 Å². The fraction of sp³-hybridized carbons (Fsp3) is 0.312. The maximum atomic E-state index is 11.3. The number of aromatic amines is 1. The van der Waals surface area contributed by atoms with Gasteiger partial charge in [-0.2, -0.15) is 15.0 Å². The van der Waals surface area contributed by atoms with E-state index in [-0.39, 0.29) is 11.8 Å². The van der Waals surface area contributed by atoms with Crippen molar-refractivity contribution < 1.29 is 4.74 Å². The summed E-state index contributed by atoms with van der Waals surface area (Å²) in [7, 11) is 0. The van der Waals surface area contributed by atoms with E-state index in [1.165, 1.54) is 6.07 Å². The Balaban J connectivity index is 1.63. The van der Waals surface area contributed by atoms with Crippen molar-refractivity contribution in [2.24, 2.45) is 0 Å². The number of nitrogens with zero attached hydrogens (tertiary/aromatic N) is 4. The van der Waals surface area contributed by atoms with Crippen LogP contribution < -0.4 is 5.56 Å². The lowest BCUT2D eigenvalue weighted by Gasteiger charge is -2.21. The van der Waals surface area contributed by atoms with E-state index in [0.717, 1.165) is 42.8 Å². The Morgan fingerprint density at radius 1 is 1.26 bits per heavy atom. The summed E-state index contributed by atoms with van der Waals surface area (Å²) < 4.78 is 7.38. The molecular weight excluding hydrogens is 294 g/mol. The first-order chi connectivity index (χ1) is 11.3. The zero-order valence-electron chi connectivity index (χ0n) is 12.6. The van der Waals surface area contributed by atoms with Gasteiger partial charge >= 0.3 is 0 Å². The number of benzene rings is 1. The number of hydrogen-bond donors (Lipinski definition) is 1. The Hall–Kier alpha value is -2.67. The fourth-order valence-corrected chi connectivity index (χ4v) is 2.75. The smallest absolute Gasteiger partial charge is 0.264 e. The summed E-state index contributed by atoms with van der Waals surface area (Å²) in [4.78, 5) is 12.9. The van der Waals surface area contributed by atoms with Gasteiger partial charge in [-0.05, 0) is 31.4 Å². The first-order valence-corrected chi connectivity index (χ1v) is 7.71. The average molecular weight is 311 g/mol. The predicted octanol–water partition coefficient (Wildman–Crippen LogP) is 2.12. The number of H-pyrrole nitrogens is 1. The van der Waals surface area contributed by atoms with Crippen molar-refractivity contribution >= 4 is 0 Å². The minimum Gasteiger partial charge on any atom is -0.355 e. The van der Waals surface area contributed by atoms with Crippen LogP contribution in [-0.4, -0.2) is 31.4 Å². The molecule has 2 aromatic heterocycles. The van der Waals surface area contributed by atoms with Crippen LogP contribution >= 0.6 is 0 Å². The predicted molar refractivity (Wildman–Crippen MR) is 84.2 cm³/mol. The van der Waals surface area contributed by atoms with E-state index < -0.39 is 0 Å². The van der Waals surface area contributed by atoms with Crippen molar-refractivity contribution in [3.05, 3.63) is 53.1 Å². The third kappa shape index (κ3) is 2.83. The third-order valence-corrected chi connectivity index (χ3v) is 3.95. The van der Waals surface area contributed by atoms with Crippen LogP contribution in [0.15, 0.2) is 47.5 Å². The quantitative estimate of drug-likeness (QED) is 0.803. The summed E-state index contributed by atoms with van der Waals surface area (Å²) in [6, 6.07) is 9.28. The first kappa shape index (κ1) is 14.0. The molecular formula is C16H17N5O2. The molecule has 1 unspecified atom stereocenters. The molecule has 1 atom stereocenters. The second-order valence-electron chi connectivity index (χ2n) is 5.58. The summed E-state index contributed by atoms with van der Waals surface area (Å²) in [5.74, 6) is 0. The number of ether oxygens (including phenoxy) is 1. The van der Waals surface area contributed by atoms with E-state index in [2.05, 4.69) is 15.3 Å². The highest BCUT2D eigenvalue weighted by molar-refractivity contribution is 5.61. The van der Waals surface area contributed by atoms with Gasteiger partial charge in [0.25, 0.3) is 5.56 Å². The minimum atomic E-state index is -0.129. The normalized spacial score (nSPS) is 18.2. The van der Waals surface area contributed by atoms with E-state index in [4.69, 9.17) is 4.74 Å². The highest BCUT2D eigenvalue weighted by atomic mass is 16.5. The molecule has 23 heavy (non-hydrogen) atoms. The van der Waals surface area contributed by atoms with Gasteiger partial charge < -0.3 is 4.74 Å². The minimum absolute atomic E-state index is 0.0681. The van der Waals surface area contributed by atoms with Crippen LogP contribution in [0.1, 0.15) is 25.5 Å². The molecule has 3 aromatic rings. The van der Waals surface area contributed by atoms with Crippen molar-refractivity contribution in [2.75, 3.05) is 6.61 Å². The van der Waals surface area contributed by atoms with E-state index in [0.29, 0.717) is 0 Å². The Morgan fingerprint density at radius 2 is 2.22 bits per heavy atom. The molecule has 7 nitrogen and oxygen atoms in total. The lowest BCUT2D eigenvalue weighted by atomic mass is 10.1. The van der Waals surface area contributed by atoms with Crippen LogP contribution in [-0.2, 0) is 4.74 Å². The topological polar surface area (TPSA) is 77.7 Å². The van der Waals surface area contributed by atoms with E-state index in [9.17, 15) is 4.79 Å². The van der Waals surface area contributed by atoms with Gasteiger partial charge in [-0.15, -0.1) is 0 Å². The molecule has 1 fully saturated rings. The van der Waals surface area contributed by atoms with Gasteiger partial charge in [0.1, 0.15) is 5.69 Å². The highest BCUT2D eigenvalue weighted by Gasteiger charge is 2.18. The fourth-order valence-electron chi connectivity index (χ4n) is 2.75. The first-order valence-electron chi connectivity index (χ1n) is 7.71. The monoisotopic (exact) mass is 311 g/mol. The maximum absolute atomic E-state index is 11.3. The Kier molecular flexibility index (Phi) is 3.55. The second-order valence-corrected chi connectivity index (χ2v) is 5.58. The molecule has 1 saturated heterocycles. The molecule has 4 rings (SSSR count). The van der Waals surface area contributed by atoms with E-state index in [1.54, 1.807) is 21.9 Å². The molecule has 0 radical (unpaired) electrons. The zero-order chi connectivity index (χ0) is 15.6. The molecule has 0 saturated carbocycles. The summed E-state index contributed by atoms with van der Waals surface area (Å²) in [6.07, 6.45) is 6.56. The maximum Gasteiger partial charge on any atom is 0.264 e. The van der Waals surface area contributed by atoms with Gasteiger partial charge in [-0.25, -0.2) is 0 Å².